The van der Waals surface area contributed by atoms with Crippen LogP contribution in [0.15, 0.2) is 119 Å². The van der Waals surface area contributed by atoms with Gasteiger partial charge in [-0.2, -0.15) is 0 Å². The molecule has 6 rings (SSSR count). The second-order valence-electron chi connectivity index (χ2n) is 13.3. The van der Waals surface area contributed by atoms with Gasteiger partial charge in [-0.25, -0.2) is 0 Å². The molecule has 2 aliphatic rings. The molecule has 1 atom stereocenters. The van der Waals surface area contributed by atoms with Gasteiger partial charge in [0.2, 0.25) is 0 Å². The SMILES string of the molecule is C=Cc1ccc2c(c1)-c1cc(C=C)ccc1[CH]2[Zr+2](=[CH]c1ccc(Cl)cc1)(=[CH]c1ccc(Cl)cc1)[C]1=CC(C(C)(C)C)=CC1CC.[Cl-].[Cl-]. The predicted molar refractivity (Wildman–Crippen MR) is 197 cm³/mol. The smallest absolute Gasteiger partial charge is 1.00 e. The molecule has 0 fully saturated rings. The van der Waals surface area contributed by atoms with Crippen molar-refractivity contribution in [1.29, 1.82) is 0 Å². The normalized spacial score (nSPS) is 14.6. The minimum Gasteiger partial charge on any atom is -1.00 e. The van der Waals surface area contributed by atoms with Crippen molar-refractivity contribution in [2.45, 2.75) is 37.7 Å². The molecule has 0 aliphatic heterocycles. The molecule has 0 nitrogen and oxygen atoms in total. The van der Waals surface area contributed by atoms with E-state index in [1.165, 1.54) is 39.0 Å². The van der Waals surface area contributed by atoms with E-state index in [0.29, 0.717) is 5.92 Å². The number of halogens is 4. The molecular weight excluding hydrogens is 737 g/mol. The molecule has 0 spiro atoms. The zero-order valence-electron chi connectivity index (χ0n) is 27.3. The van der Waals surface area contributed by atoms with Crippen LogP contribution >= 0.6 is 23.2 Å². The Labute approximate surface area is 307 Å². The van der Waals surface area contributed by atoms with Gasteiger partial charge in [0.25, 0.3) is 0 Å². The van der Waals surface area contributed by atoms with Gasteiger partial charge in [-0.1, -0.05) is 0 Å². The van der Waals surface area contributed by atoms with Gasteiger partial charge in [-0.05, 0) is 0 Å². The summed E-state index contributed by atoms with van der Waals surface area (Å²) in [5.74, 6) is 0.370. The molecular formula is C42H40Cl4Zr. The Morgan fingerprint density at radius 3 is 1.49 bits per heavy atom. The van der Waals surface area contributed by atoms with Crippen LogP contribution in [-0.2, 0) is 19.3 Å². The summed E-state index contributed by atoms with van der Waals surface area (Å²) >= 11 is 8.93. The van der Waals surface area contributed by atoms with Gasteiger partial charge in [-0.15, -0.1) is 0 Å². The standard InChI is InChI=1S/C17H13.C11H17.2C7H5Cl.2ClH.Zr/c1-3-12-5-7-14-11-15-8-6-13(4-2)10-17(15)16(14)9-12;1-5-9-6-7-10(8-9)11(2,3)4;2*1-6-2-4-7(8)5-3-6;;;/h3-11H,1-2H2;7-9H,5H2,1-4H3;2*1-5H;2*1H;/q;;;;;;+2/p-2. The molecule has 240 valence electrons. The van der Waals surface area contributed by atoms with Crippen molar-refractivity contribution in [2.75, 3.05) is 0 Å². The average molecular weight is 778 g/mol. The van der Waals surface area contributed by atoms with Crippen LogP contribution in [0, 0.1) is 11.3 Å². The first kappa shape index (κ1) is 37.4. The fraction of sp³-hybridized carbons (Fsp3) is 0.190. The summed E-state index contributed by atoms with van der Waals surface area (Å²) in [6.45, 7) is 17.5. The maximum atomic E-state index is 6.43. The number of fused-ring (bicyclic) bond motifs is 3. The number of rotatable bonds is 7. The Morgan fingerprint density at radius 2 is 1.11 bits per heavy atom. The van der Waals surface area contributed by atoms with Gasteiger partial charge in [0, 0.05) is 0 Å². The number of benzene rings is 4. The molecule has 0 bridgehead atoms. The van der Waals surface area contributed by atoms with E-state index in [2.05, 4.69) is 121 Å². The summed E-state index contributed by atoms with van der Waals surface area (Å²) in [7, 11) is 0. The topological polar surface area (TPSA) is 0 Å². The van der Waals surface area contributed by atoms with Crippen LogP contribution in [0.25, 0.3) is 23.3 Å². The summed E-state index contributed by atoms with van der Waals surface area (Å²) in [5.41, 5.74) is 11.6. The maximum absolute atomic E-state index is 6.43. The van der Waals surface area contributed by atoms with Crippen LogP contribution in [0.1, 0.15) is 71.1 Å². The van der Waals surface area contributed by atoms with Crippen LogP contribution < -0.4 is 24.8 Å². The first-order valence-electron chi connectivity index (χ1n) is 15.8. The third-order valence-electron chi connectivity index (χ3n) is 9.46. The predicted octanol–water partition coefficient (Wildman–Crippen LogP) is 6.11. The molecule has 47 heavy (non-hydrogen) atoms. The Morgan fingerprint density at radius 1 is 0.681 bits per heavy atom. The van der Waals surface area contributed by atoms with Crippen molar-refractivity contribution in [3.05, 3.63) is 163 Å². The first-order valence-corrected chi connectivity index (χ1v) is 22.0. The van der Waals surface area contributed by atoms with Crippen molar-refractivity contribution < 1.29 is 44.1 Å². The van der Waals surface area contributed by atoms with Gasteiger partial charge in [-0.3, -0.25) is 0 Å². The van der Waals surface area contributed by atoms with Crippen molar-refractivity contribution in [3.63, 3.8) is 0 Å². The molecule has 0 N–H and O–H groups in total. The summed E-state index contributed by atoms with van der Waals surface area (Å²) in [5, 5.41) is 1.51. The van der Waals surface area contributed by atoms with E-state index in [0.717, 1.165) is 27.6 Å². The van der Waals surface area contributed by atoms with Gasteiger partial charge in [0.05, 0.1) is 0 Å². The summed E-state index contributed by atoms with van der Waals surface area (Å²) in [6.07, 6.45) is 10.1. The van der Waals surface area contributed by atoms with E-state index < -0.39 is 19.3 Å². The van der Waals surface area contributed by atoms with Crippen LogP contribution in [0.4, 0.5) is 0 Å². The third-order valence-corrected chi connectivity index (χ3v) is 21.6. The first-order chi connectivity index (χ1) is 21.6. The van der Waals surface area contributed by atoms with E-state index in [4.69, 9.17) is 23.2 Å². The van der Waals surface area contributed by atoms with E-state index in [-0.39, 0.29) is 33.9 Å². The molecule has 1 unspecified atom stereocenters. The Kier molecular flexibility index (Phi) is 12.0. The quantitative estimate of drug-likeness (QED) is 0.213. The maximum Gasteiger partial charge on any atom is -1.00 e. The minimum absolute atomic E-state index is 0. The van der Waals surface area contributed by atoms with E-state index >= 15 is 0 Å². The van der Waals surface area contributed by atoms with Gasteiger partial charge < -0.3 is 24.8 Å². The van der Waals surface area contributed by atoms with Crippen molar-refractivity contribution in [3.8, 4) is 11.1 Å². The Bertz CT molecular complexity index is 1880. The summed E-state index contributed by atoms with van der Waals surface area (Å²) < 4.78 is 7.23. The van der Waals surface area contributed by atoms with Crippen LogP contribution in [0.5, 0.6) is 0 Å². The van der Waals surface area contributed by atoms with Gasteiger partial charge >= 0.3 is 285 Å². The second-order valence-corrected chi connectivity index (χ2v) is 23.1. The van der Waals surface area contributed by atoms with Crippen molar-refractivity contribution in [1.82, 2.24) is 0 Å². The molecule has 2 aliphatic carbocycles. The van der Waals surface area contributed by atoms with Crippen LogP contribution in [0.3, 0.4) is 0 Å². The van der Waals surface area contributed by atoms with E-state index in [1.807, 2.05) is 36.4 Å². The zero-order valence-corrected chi connectivity index (χ0v) is 32.8. The molecule has 5 heteroatoms. The van der Waals surface area contributed by atoms with Gasteiger partial charge in [0.15, 0.2) is 0 Å². The van der Waals surface area contributed by atoms with Crippen LogP contribution in [0.2, 0.25) is 10.0 Å². The average Bonchev–Trinajstić information content (AvgIpc) is 3.63. The summed E-state index contributed by atoms with van der Waals surface area (Å²) in [4.78, 5) is 0. The fourth-order valence-corrected chi connectivity index (χ4v) is 20.8. The molecule has 4 aromatic rings. The number of allylic oxidation sites excluding steroid dienone is 4. The minimum atomic E-state index is -3.94. The molecule has 0 saturated carbocycles. The van der Waals surface area contributed by atoms with Crippen molar-refractivity contribution in [2.24, 2.45) is 11.3 Å². The largest absolute Gasteiger partial charge is 1.00 e. The van der Waals surface area contributed by atoms with E-state index in [1.54, 1.807) is 3.28 Å². The zero-order chi connectivity index (χ0) is 31.9. The monoisotopic (exact) mass is 774 g/mol. The third kappa shape index (κ3) is 7.32. The molecule has 0 aromatic heterocycles. The number of hydrogen-bond acceptors (Lipinski definition) is 0. The Hall–Kier alpha value is -2.38. The number of hydrogen-bond donors (Lipinski definition) is 0. The van der Waals surface area contributed by atoms with Crippen molar-refractivity contribution >= 4 is 42.8 Å². The fourth-order valence-electron chi connectivity index (χ4n) is 7.14. The molecule has 0 amide bonds. The molecule has 4 aromatic carbocycles. The second kappa shape index (κ2) is 15.0. The van der Waals surface area contributed by atoms with Gasteiger partial charge in [0.1, 0.15) is 0 Å². The molecule has 0 saturated heterocycles. The Balaban J connectivity index is 0.00000250. The molecule has 0 radical (unpaired) electrons. The van der Waals surface area contributed by atoms with E-state index in [9.17, 15) is 0 Å². The summed E-state index contributed by atoms with van der Waals surface area (Å²) in [6, 6.07) is 30.7. The van der Waals surface area contributed by atoms with Crippen LogP contribution in [-0.4, -0.2) is 7.42 Å². The molecule has 0 heterocycles.